The summed E-state index contributed by atoms with van der Waals surface area (Å²) in [7, 11) is 2.87. The average Bonchev–Trinajstić information content (AvgIpc) is 2.72. The number of esters is 1. The number of hydrogen-bond donors (Lipinski definition) is 0. The van der Waals surface area contributed by atoms with Crippen LogP contribution in [0.15, 0.2) is 30.4 Å². The van der Waals surface area contributed by atoms with Crippen LogP contribution < -0.4 is 9.47 Å². The topological polar surface area (TPSA) is 78.9 Å². The van der Waals surface area contributed by atoms with E-state index in [4.69, 9.17) is 14.2 Å². The van der Waals surface area contributed by atoms with E-state index in [2.05, 4.69) is 13.8 Å². The summed E-state index contributed by atoms with van der Waals surface area (Å²) < 4.78 is 16.7. The molecular weight excluding hydrogens is 384 g/mol. The number of ketones is 2. The van der Waals surface area contributed by atoms with E-state index in [-0.39, 0.29) is 34.2 Å². The Morgan fingerprint density at radius 2 is 1.70 bits per heavy atom. The Hall–Kier alpha value is -2.89. The predicted molar refractivity (Wildman–Crippen MR) is 114 cm³/mol. The second kappa shape index (κ2) is 10.8. The van der Waals surface area contributed by atoms with Crippen LogP contribution in [0.25, 0.3) is 0 Å². The van der Waals surface area contributed by atoms with Crippen LogP contribution in [-0.2, 0) is 9.53 Å². The molecular formula is C24H30O6. The predicted octanol–water partition coefficient (Wildman–Crippen LogP) is 5.02. The molecule has 1 atom stereocenters. The molecule has 0 heterocycles. The Labute approximate surface area is 177 Å². The lowest BCUT2D eigenvalue weighted by Gasteiger charge is -2.25. The maximum atomic E-state index is 12.6. The maximum absolute atomic E-state index is 12.6. The van der Waals surface area contributed by atoms with Crippen LogP contribution in [0.2, 0.25) is 0 Å². The number of carbonyl (C=O) groups is 3. The van der Waals surface area contributed by atoms with Gasteiger partial charge in [0.05, 0.1) is 25.3 Å². The summed E-state index contributed by atoms with van der Waals surface area (Å²) in [5.41, 5.74) is 0.830. The van der Waals surface area contributed by atoms with Gasteiger partial charge in [-0.25, -0.2) is 4.79 Å². The van der Waals surface area contributed by atoms with Gasteiger partial charge in [0.15, 0.2) is 11.6 Å². The minimum atomic E-state index is -0.644. The highest BCUT2D eigenvalue weighted by atomic mass is 16.5. The van der Waals surface area contributed by atoms with Crippen molar-refractivity contribution in [2.75, 3.05) is 14.2 Å². The van der Waals surface area contributed by atoms with Gasteiger partial charge in [0.25, 0.3) is 0 Å². The number of unbranched alkanes of at least 4 members (excludes halogenated alkanes) is 1. The minimum Gasteiger partial charge on any atom is -0.496 e. The fraction of sp³-hybridized carbons (Fsp3) is 0.458. The smallest absolute Gasteiger partial charge is 0.331 e. The van der Waals surface area contributed by atoms with Gasteiger partial charge in [-0.3, -0.25) is 9.59 Å². The second-order valence-corrected chi connectivity index (χ2v) is 7.60. The number of hydrogen-bond acceptors (Lipinski definition) is 6. The van der Waals surface area contributed by atoms with Gasteiger partial charge in [-0.1, -0.05) is 33.3 Å². The van der Waals surface area contributed by atoms with Crippen molar-refractivity contribution in [3.05, 3.63) is 47.1 Å². The van der Waals surface area contributed by atoms with Gasteiger partial charge < -0.3 is 14.2 Å². The first-order valence-electron chi connectivity index (χ1n) is 10.3. The van der Waals surface area contributed by atoms with E-state index in [1.54, 1.807) is 12.1 Å². The number of benzene rings is 1. The molecule has 30 heavy (non-hydrogen) atoms. The molecule has 6 nitrogen and oxygen atoms in total. The van der Waals surface area contributed by atoms with Gasteiger partial charge in [-0.05, 0) is 43.4 Å². The average molecular weight is 414 g/mol. The van der Waals surface area contributed by atoms with E-state index in [9.17, 15) is 14.4 Å². The molecule has 0 N–H and O–H groups in total. The van der Waals surface area contributed by atoms with Crippen LogP contribution >= 0.6 is 0 Å². The number of ether oxygens (including phenoxy) is 3. The Bertz CT molecular complexity index is 863. The second-order valence-electron chi connectivity index (χ2n) is 7.60. The monoisotopic (exact) mass is 414 g/mol. The van der Waals surface area contributed by atoms with E-state index in [1.807, 2.05) is 6.92 Å². The third-order valence-corrected chi connectivity index (χ3v) is 4.90. The molecule has 0 spiro atoms. The third kappa shape index (κ3) is 5.38. The first-order chi connectivity index (χ1) is 14.3. The van der Waals surface area contributed by atoms with Crippen LogP contribution in [0.4, 0.5) is 0 Å². The molecule has 0 aliphatic heterocycles. The van der Waals surface area contributed by atoms with Gasteiger partial charge in [0, 0.05) is 11.6 Å². The summed E-state index contributed by atoms with van der Waals surface area (Å²) >= 11 is 0. The summed E-state index contributed by atoms with van der Waals surface area (Å²) in [6, 6.07) is 1.63. The molecule has 1 aromatic rings. The summed E-state index contributed by atoms with van der Waals surface area (Å²) in [4.78, 5) is 37.4. The lowest BCUT2D eigenvalue weighted by atomic mass is 9.88. The fourth-order valence-electron chi connectivity index (χ4n) is 3.37. The molecule has 6 heteroatoms. The van der Waals surface area contributed by atoms with Crippen molar-refractivity contribution in [3.8, 4) is 11.5 Å². The Morgan fingerprint density at radius 3 is 2.27 bits per heavy atom. The molecule has 2 rings (SSSR count). The third-order valence-electron chi connectivity index (χ3n) is 4.90. The van der Waals surface area contributed by atoms with Crippen molar-refractivity contribution in [1.82, 2.24) is 0 Å². The largest absolute Gasteiger partial charge is 0.496 e. The molecule has 0 saturated carbocycles. The first kappa shape index (κ1) is 23.4. The molecule has 0 bridgehead atoms. The summed E-state index contributed by atoms with van der Waals surface area (Å²) in [5, 5.41) is 0. The molecule has 162 valence electrons. The molecule has 0 radical (unpaired) electrons. The van der Waals surface area contributed by atoms with Crippen LogP contribution in [0, 0.1) is 5.92 Å². The normalized spacial score (nSPS) is 14.2. The van der Waals surface area contributed by atoms with E-state index >= 15 is 0 Å². The number of allylic oxidation sites excluding steroid dienone is 3. The molecule has 1 aliphatic carbocycles. The summed E-state index contributed by atoms with van der Waals surface area (Å²) in [6.07, 6.45) is 8.05. The van der Waals surface area contributed by atoms with Gasteiger partial charge in [-0.2, -0.15) is 0 Å². The minimum absolute atomic E-state index is 0.145. The maximum Gasteiger partial charge on any atom is 0.331 e. The van der Waals surface area contributed by atoms with Crippen molar-refractivity contribution in [3.63, 3.8) is 0 Å². The zero-order valence-corrected chi connectivity index (χ0v) is 18.3. The molecule has 0 saturated heterocycles. The summed E-state index contributed by atoms with van der Waals surface area (Å²) in [5.74, 6) is -0.247. The van der Waals surface area contributed by atoms with Gasteiger partial charge in [0.1, 0.15) is 17.6 Å². The van der Waals surface area contributed by atoms with E-state index in [0.717, 1.165) is 19.3 Å². The van der Waals surface area contributed by atoms with Gasteiger partial charge >= 0.3 is 5.97 Å². The van der Waals surface area contributed by atoms with Crippen molar-refractivity contribution < 1.29 is 28.6 Å². The molecule has 1 aromatic carbocycles. The van der Waals surface area contributed by atoms with Crippen molar-refractivity contribution in [1.29, 1.82) is 0 Å². The van der Waals surface area contributed by atoms with Crippen LogP contribution in [0.5, 0.6) is 11.5 Å². The highest BCUT2D eigenvalue weighted by Gasteiger charge is 2.33. The first-order valence-corrected chi connectivity index (χ1v) is 10.3. The van der Waals surface area contributed by atoms with Crippen molar-refractivity contribution in [2.45, 2.75) is 52.6 Å². The molecule has 1 unspecified atom stereocenters. The zero-order valence-electron chi connectivity index (χ0n) is 18.3. The Kier molecular flexibility index (Phi) is 8.39. The summed E-state index contributed by atoms with van der Waals surface area (Å²) in [6.45, 7) is 6.19. The number of carbonyl (C=O) groups excluding carboxylic acids is 3. The number of fused-ring (bicyclic) bond motifs is 1. The SMILES string of the molecule is CCCC=CC(=O)OC(CCC(C)C)c1cc(OC)c2c(c1OC)C(=O)C=CC2=O. The van der Waals surface area contributed by atoms with E-state index in [1.165, 1.54) is 32.4 Å². The lowest BCUT2D eigenvalue weighted by Crippen LogP contribution is -2.19. The van der Waals surface area contributed by atoms with Crippen LogP contribution in [-0.4, -0.2) is 31.8 Å². The van der Waals surface area contributed by atoms with Gasteiger partial charge in [0.2, 0.25) is 0 Å². The molecule has 0 fully saturated rings. The van der Waals surface area contributed by atoms with E-state index < -0.39 is 12.1 Å². The zero-order chi connectivity index (χ0) is 22.3. The van der Waals surface area contributed by atoms with Crippen LogP contribution in [0.1, 0.15) is 78.8 Å². The van der Waals surface area contributed by atoms with Crippen molar-refractivity contribution >= 4 is 17.5 Å². The molecule has 0 amide bonds. The highest BCUT2D eigenvalue weighted by molar-refractivity contribution is 6.24. The van der Waals surface area contributed by atoms with Gasteiger partial charge in [-0.15, -0.1) is 0 Å². The van der Waals surface area contributed by atoms with Crippen molar-refractivity contribution in [2.24, 2.45) is 5.92 Å². The highest BCUT2D eigenvalue weighted by Crippen LogP contribution is 2.42. The standard InChI is InChI=1S/C24H30O6/c1-6-7-8-9-21(27)30-19(13-10-15(2)3)16-14-20(28-4)22-17(25)11-12-18(26)23(22)24(16)29-5/h8-9,11-12,14-15,19H,6-7,10,13H2,1-5H3. The Morgan fingerprint density at radius 1 is 1.03 bits per heavy atom. The quantitative estimate of drug-likeness (QED) is 0.395. The van der Waals surface area contributed by atoms with Crippen LogP contribution in [0.3, 0.4) is 0 Å². The molecule has 0 aromatic heterocycles. The Balaban J connectivity index is 2.56. The fourth-order valence-corrected chi connectivity index (χ4v) is 3.37. The number of rotatable bonds is 10. The molecule has 1 aliphatic rings. The van der Waals surface area contributed by atoms with E-state index in [0.29, 0.717) is 17.9 Å². The lowest BCUT2D eigenvalue weighted by molar-refractivity contribution is -0.144. The number of methoxy groups -OCH3 is 2.